The molecule has 2 atom stereocenters. The Labute approximate surface area is 391 Å². The lowest BCUT2D eigenvalue weighted by atomic mass is 10.0. The first kappa shape index (κ1) is 62.0. The van der Waals surface area contributed by atoms with Gasteiger partial charge in [-0.25, -0.2) is 4.57 Å². The van der Waals surface area contributed by atoms with Crippen LogP contribution in [0, 0.1) is 0 Å². The Morgan fingerprint density at radius 2 is 0.714 bits per heavy atom. The summed E-state index contributed by atoms with van der Waals surface area (Å²) >= 11 is 0. The number of unbranched alkanes of at least 4 members (excludes halogenated alkanes) is 37. The minimum absolute atomic E-state index is 0.0373. The van der Waals surface area contributed by atoms with E-state index in [1.54, 1.807) is 0 Å². The first-order valence-electron chi connectivity index (χ1n) is 27.3. The summed E-state index contributed by atoms with van der Waals surface area (Å²) in [6.45, 7) is 4.50. The summed E-state index contributed by atoms with van der Waals surface area (Å²) in [6.07, 6.45) is 50.1. The number of quaternary nitrogens is 1. The minimum atomic E-state index is -4.37. The highest BCUT2D eigenvalue weighted by Gasteiger charge is 2.27. The number of hydrogen-bond donors (Lipinski definition) is 1. The lowest BCUT2D eigenvalue weighted by molar-refractivity contribution is -0.870. The molecule has 0 aromatic rings. The van der Waals surface area contributed by atoms with Crippen molar-refractivity contribution in [1.29, 1.82) is 0 Å². The zero-order valence-corrected chi connectivity index (χ0v) is 43.5. The van der Waals surface area contributed by atoms with Crippen LogP contribution >= 0.6 is 7.82 Å². The molecule has 2 unspecified atom stereocenters. The van der Waals surface area contributed by atoms with Gasteiger partial charge in [0.05, 0.1) is 27.7 Å². The molecule has 0 saturated carbocycles. The highest BCUT2D eigenvalue weighted by atomic mass is 31.2. The van der Waals surface area contributed by atoms with Gasteiger partial charge in [0, 0.05) is 12.8 Å². The number of hydrogen-bond acceptors (Lipinski definition) is 7. The van der Waals surface area contributed by atoms with Gasteiger partial charge in [-0.2, -0.15) is 0 Å². The average Bonchev–Trinajstić information content (AvgIpc) is 3.24. The number of phosphoric acid groups is 1. The van der Waals surface area contributed by atoms with Crippen LogP contribution < -0.4 is 0 Å². The third kappa shape index (κ3) is 50.3. The van der Waals surface area contributed by atoms with Crippen LogP contribution in [0.1, 0.15) is 277 Å². The smallest absolute Gasteiger partial charge is 0.462 e. The van der Waals surface area contributed by atoms with Gasteiger partial charge in [-0.05, 0) is 12.8 Å². The Hall–Kier alpha value is -0.990. The second-order valence-corrected chi connectivity index (χ2v) is 21.4. The van der Waals surface area contributed by atoms with E-state index in [2.05, 4.69) is 13.8 Å². The molecule has 1 N–H and O–H groups in total. The Bertz CT molecular complexity index is 1040. The van der Waals surface area contributed by atoms with Crippen LogP contribution in [-0.4, -0.2) is 74.9 Å². The number of esters is 2. The van der Waals surface area contributed by atoms with Crippen LogP contribution in [0.25, 0.3) is 0 Å². The maximum atomic E-state index is 12.8. The maximum absolute atomic E-state index is 12.8. The van der Waals surface area contributed by atoms with Crippen LogP contribution in [0.5, 0.6) is 0 Å². The number of nitrogens with zero attached hydrogens (tertiary/aromatic N) is 1. The third-order valence-electron chi connectivity index (χ3n) is 12.4. The lowest BCUT2D eigenvalue weighted by Gasteiger charge is -2.24. The van der Waals surface area contributed by atoms with Crippen LogP contribution in [0.15, 0.2) is 0 Å². The van der Waals surface area contributed by atoms with Gasteiger partial charge >= 0.3 is 19.8 Å². The molecule has 0 spiro atoms. The largest absolute Gasteiger partial charge is 0.472 e. The molecule has 0 amide bonds. The summed E-state index contributed by atoms with van der Waals surface area (Å²) in [4.78, 5) is 35.6. The van der Waals surface area contributed by atoms with Crippen molar-refractivity contribution in [2.45, 2.75) is 283 Å². The van der Waals surface area contributed by atoms with E-state index in [-0.39, 0.29) is 25.6 Å². The number of likely N-dealkylation sites (N-methyl/N-ethyl adjacent to an activating group) is 1. The highest BCUT2D eigenvalue weighted by Crippen LogP contribution is 2.43. The Morgan fingerprint density at radius 3 is 1.02 bits per heavy atom. The van der Waals surface area contributed by atoms with Crippen molar-refractivity contribution in [3.63, 3.8) is 0 Å². The molecule has 0 aliphatic carbocycles. The second-order valence-electron chi connectivity index (χ2n) is 20.0. The molecule has 0 radical (unpaired) electrons. The van der Waals surface area contributed by atoms with Crippen LogP contribution in [-0.2, 0) is 32.7 Å². The van der Waals surface area contributed by atoms with Crippen molar-refractivity contribution in [3.8, 4) is 0 Å². The number of carbonyl (C=O) groups is 2. The summed E-state index contributed by atoms with van der Waals surface area (Å²) in [5.74, 6) is -0.775. The second kappa shape index (κ2) is 46.1. The summed E-state index contributed by atoms with van der Waals surface area (Å²) in [5, 5.41) is 0. The SMILES string of the molecule is CCCCCCCCCCCCCCCCCCCCCCCCC(=O)OC(COC(=O)CCCCCCCCCCCCCCCCCCC)COP(=O)(O)OCC[N+](C)(C)C. The van der Waals surface area contributed by atoms with Gasteiger partial charge in [0.1, 0.15) is 19.8 Å². The van der Waals surface area contributed by atoms with Crippen molar-refractivity contribution >= 4 is 19.8 Å². The molecular weight excluding hydrogens is 810 g/mol. The summed E-state index contributed by atoms with van der Waals surface area (Å²) in [6, 6.07) is 0. The Balaban J connectivity index is 4.15. The van der Waals surface area contributed by atoms with E-state index in [4.69, 9.17) is 18.5 Å². The van der Waals surface area contributed by atoms with Gasteiger partial charge in [-0.1, -0.05) is 251 Å². The van der Waals surface area contributed by atoms with Gasteiger partial charge in [0.25, 0.3) is 0 Å². The van der Waals surface area contributed by atoms with E-state index < -0.39 is 26.5 Å². The molecule has 376 valence electrons. The molecule has 10 heteroatoms. The zero-order valence-electron chi connectivity index (χ0n) is 42.6. The van der Waals surface area contributed by atoms with E-state index in [1.165, 1.54) is 212 Å². The lowest BCUT2D eigenvalue weighted by Crippen LogP contribution is -2.37. The van der Waals surface area contributed by atoms with Gasteiger partial charge in [0.2, 0.25) is 0 Å². The van der Waals surface area contributed by atoms with Crippen LogP contribution in [0.3, 0.4) is 0 Å². The molecule has 0 saturated heterocycles. The average molecular weight is 917 g/mol. The fraction of sp³-hybridized carbons (Fsp3) is 0.962. The summed E-state index contributed by atoms with van der Waals surface area (Å²) in [7, 11) is 1.50. The van der Waals surface area contributed by atoms with Gasteiger partial charge < -0.3 is 18.9 Å². The molecule has 0 bridgehead atoms. The standard InChI is InChI=1S/C53H106NO8P/c1-6-8-10-12-14-16-18-20-22-24-25-26-27-28-30-32-34-36-38-40-42-44-46-53(56)62-51(50-61-63(57,58)60-48-47-54(3,4)5)49-59-52(55)45-43-41-39-37-35-33-31-29-23-21-19-17-15-13-11-9-7-2/h51H,6-50H2,1-5H3/p+1. The molecule has 63 heavy (non-hydrogen) atoms. The Morgan fingerprint density at radius 1 is 0.429 bits per heavy atom. The fourth-order valence-corrected chi connectivity index (χ4v) is 8.88. The number of rotatable bonds is 51. The molecule has 0 rings (SSSR count). The molecule has 0 aliphatic rings. The van der Waals surface area contributed by atoms with E-state index in [1.807, 2.05) is 21.1 Å². The quantitative estimate of drug-likeness (QED) is 0.0278. The first-order chi connectivity index (χ1) is 30.5. The molecule has 9 nitrogen and oxygen atoms in total. The Kier molecular flexibility index (Phi) is 45.4. The fourth-order valence-electron chi connectivity index (χ4n) is 8.14. The maximum Gasteiger partial charge on any atom is 0.472 e. The molecule has 0 aliphatic heterocycles. The van der Waals surface area contributed by atoms with Crippen molar-refractivity contribution in [3.05, 3.63) is 0 Å². The van der Waals surface area contributed by atoms with E-state index >= 15 is 0 Å². The summed E-state index contributed by atoms with van der Waals surface area (Å²) < 4.78 is 34.5. The van der Waals surface area contributed by atoms with Crippen molar-refractivity contribution in [1.82, 2.24) is 0 Å². The zero-order chi connectivity index (χ0) is 46.4. The minimum Gasteiger partial charge on any atom is -0.462 e. The van der Waals surface area contributed by atoms with Gasteiger partial charge in [-0.15, -0.1) is 0 Å². The van der Waals surface area contributed by atoms with Gasteiger partial charge in [-0.3, -0.25) is 18.6 Å². The van der Waals surface area contributed by atoms with Crippen molar-refractivity contribution < 1.29 is 42.1 Å². The van der Waals surface area contributed by atoms with E-state index in [9.17, 15) is 19.0 Å². The molecule has 0 heterocycles. The van der Waals surface area contributed by atoms with Crippen LogP contribution in [0.2, 0.25) is 0 Å². The predicted molar refractivity (Wildman–Crippen MR) is 266 cm³/mol. The highest BCUT2D eigenvalue weighted by molar-refractivity contribution is 7.47. The number of ether oxygens (including phenoxy) is 2. The number of carbonyl (C=O) groups excluding carboxylic acids is 2. The van der Waals surface area contributed by atoms with Crippen LogP contribution in [0.4, 0.5) is 0 Å². The monoisotopic (exact) mass is 917 g/mol. The molecule has 0 aromatic carbocycles. The molecular formula is C53H107NO8P+. The topological polar surface area (TPSA) is 108 Å². The van der Waals surface area contributed by atoms with E-state index in [0.29, 0.717) is 17.4 Å². The third-order valence-corrected chi connectivity index (χ3v) is 13.4. The molecule has 0 aromatic heterocycles. The number of phosphoric ester groups is 1. The summed E-state index contributed by atoms with van der Waals surface area (Å²) in [5.41, 5.74) is 0. The van der Waals surface area contributed by atoms with Gasteiger partial charge in [0.15, 0.2) is 6.10 Å². The molecule has 0 fully saturated rings. The normalized spacial score (nSPS) is 13.3. The predicted octanol–water partition coefficient (Wildman–Crippen LogP) is 16.3. The first-order valence-corrected chi connectivity index (χ1v) is 28.8. The van der Waals surface area contributed by atoms with E-state index in [0.717, 1.165) is 38.5 Å². The van der Waals surface area contributed by atoms with Crippen molar-refractivity contribution in [2.75, 3.05) is 47.5 Å². The van der Waals surface area contributed by atoms with Crippen molar-refractivity contribution in [2.24, 2.45) is 0 Å².